The lowest BCUT2D eigenvalue weighted by Crippen LogP contribution is -2.35. The molecule has 1 unspecified atom stereocenters. The van der Waals surface area contributed by atoms with Crippen LogP contribution in [0.15, 0.2) is 106 Å². The van der Waals surface area contributed by atoms with Crippen LogP contribution in [0.25, 0.3) is 0 Å². The molecule has 39 heavy (non-hydrogen) atoms. The first-order valence-electron chi connectivity index (χ1n) is 12.3. The molecule has 0 aliphatic carbocycles. The van der Waals surface area contributed by atoms with Gasteiger partial charge in [-0.05, 0) is 104 Å². The van der Waals surface area contributed by atoms with E-state index >= 15 is 4.39 Å². The van der Waals surface area contributed by atoms with Gasteiger partial charge in [-0.25, -0.2) is 21.6 Å². The Morgan fingerprint density at radius 1 is 0.821 bits per heavy atom. The van der Waals surface area contributed by atoms with Crippen molar-refractivity contribution in [3.63, 3.8) is 0 Å². The zero-order chi connectivity index (χ0) is 28.0. The van der Waals surface area contributed by atoms with Crippen LogP contribution in [0.5, 0.6) is 0 Å². The number of hydrogen-bond donors (Lipinski definition) is 0. The largest absolute Gasteiger partial charge is 0.264 e. The molecule has 4 aromatic rings. The maximum atomic E-state index is 15.1. The molecule has 0 spiro atoms. The second-order valence-corrected chi connectivity index (χ2v) is 12.8. The van der Waals surface area contributed by atoms with Crippen molar-refractivity contribution in [1.29, 1.82) is 0 Å². The molecule has 0 fully saturated rings. The number of halogens is 3. The van der Waals surface area contributed by atoms with E-state index in [1.165, 1.54) is 42.1 Å². The molecule has 4 rings (SSSR count). The first kappa shape index (κ1) is 29.1. The Kier molecular flexibility index (Phi) is 9.69. The Labute approximate surface area is 236 Å². The van der Waals surface area contributed by atoms with Gasteiger partial charge in [0.05, 0.1) is 16.6 Å². The van der Waals surface area contributed by atoms with Crippen LogP contribution >= 0.6 is 23.5 Å². The smallest absolute Gasteiger partial charge is 0.256 e. The second-order valence-electron chi connectivity index (χ2n) is 8.90. The number of anilines is 1. The summed E-state index contributed by atoms with van der Waals surface area (Å²) in [4.78, 5) is 1.75. The third-order valence-electron chi connectivity index (χ3n) is 6.21. The summed E-state index contributed by atoms with van der Waals surface area (Å²) in [6, 6.07) is 21.9. The Balaban J connectivity index is 1.77. The van der Waals surface area contributed by atoms with Gasteiger partial charge in [-0.1, -0.05) is 36.0 Å². The lowest BCUT2D eigenvalue weighted by atomic mass is 9.97. The molecule has 0 aliphatic heterocycles. The van der Waals surface area contributed by atoms with Crippen molar-refractivity contribution in [2.75, 3.05) is 16.3 Å². The van der Waals surface area contributed by atoms with Gasteiger partial charge in [-0.15, -0.1) is 0 Å². The summed E-state index contributed by atoms with van der Waals surface area (Å²) in [7, 11) is -4.36. The van der Waals surface area contributed by atoms with Crippen LogP contribution in [0.1, 0.15) is 30.5 Å². The predicted octanol–water partition coefficient (Wildman–Crippen LogP) is 8.51. The molecule has 4 aromatic carbocycles. The summed E-state index contributed by atoms with van der Waals surface area (Å²) in [6.45, 7) is 1.60. The number of nitrogens with zero attached hydrogens (tertiary/aromatic N) is 1. The summed E-state index contributed by atoms with van der Waals surface area (Å²) in [6.07, 6.45) is 3.24. The summed E-state index contributed by atoms with van der Waals surface area (Å²) in [5.74, 6) is -1.25. The zero-order valence-electron chi connectivity index (χ0n) is 21.5. The fraction of sp³-hybridized carbons (Fsp3) is 0.200. The van der Waals surface area contributed by atoms with Crippen LogP contribution in [0.4, 0.5) is 18.9 Å². The van der Waals surface area contributed by atoms with Crippen molar-refractivity contribution < 1.29 is 21.6 Å². The van der Waals surface area contributed by atoms with E-state index < -0.39 is 39.2 Å². The zero-order valence-corrected chi connectivity index (χ0v) is 23.9. The highest BCUT2D eigenvalue weighted by atomic mass is 32.2. The SMILES string of the molecule is CSCCCc1cc(F)ccc1C(C)N(c1cc(F)ccc1F)S(=O)(=O)c1ccc(Sc2ccccc2)cc1. The van der Waals surface area contributed by atoms with Gasteiger partial charge in [0.1, 0.15) is 17.5 Å². The van der Waals surface area contributed by atoms with E-state index in [1.807, 2.05) is 36.6 Å². The fourth-order valence-corrected chi connectivity index (χ4v) is 7.26. The maximum absolute atomic E-state index is 15.1. The van der Waals surface area contributed by atoms with Gasteiger partial charge in [0, 0.05) is 15.9 Å². The summed E-state index contributed by atoms with van der Waals surface area (Å²) in [5.41, 5.74) is 0.744. The van der Waals surface area contributed by atoms with Crippen LogP contribution in [0.2, 0.25) is 0 Å². The number of benzene rings is 4. The molecule has 3 nitrogen and oxygen atoms in total. The third kappa shape index (κ3) is 7.01. The second kappa shape index (κ2) is 13.0. The van der Waals surface area contributed by atoms with E-state index in [1.54, 1.807) is 30.8 Å². The molecule has 0 saturated carbocycles. The Hall–Kier alpha value is -2.88. The summed E-state index contributed by atoms with van der Waals surface area (Å²) >= 11 is 3.13. The molecule has 0 radical (unpaired) electrons. The molecule has 0 N–H and O–H groups in total. The van der Waals surface area contributed by atoms with E-state index in [4.69, 9.17) is 0 Å². The number of aryl methyl sites for hydroxylation is 1. The molecule has 0 saturated heterocycles. The van der Waals surface area contributed by atoms with E-state index in [9.17, 15) is 17.2 Å². The highest BCUT2D eigenvalue weighted by Crippen LogP contribution is 2.38. The average molecular weight is 588 g/mol. The normalized spacial score (nSPS) is 12.3. The van der Waals surface area contributed by atoms with Crippen LogP contribution < -0.4 is 4.31 Å². The third-order valence-corrected chi connectivity index (χ3v) is 9.82. The van der Waals surface area contributed by atoms with Crippen molar-refractivity contribution in [3.05, 3.63) is 120 Å². The van der Waals surface area contributed by atoms with Gasteiger partial charge in [-0.2, -0.15) is 11.8 Å². The highest BCUT2D eigenvalue weighted by Gasteiger charge is 2.33. The van der Waals surface area contributed by atoms with E-state index in [0.717, 1.165) is 44.5 Å². The number of hydrogen-bond acceptors (Lipinski definition) is 4. The molecule has 0 heterocycles. The van der Waals surface area contributed by atoms with Crippen LogP contribution in [0, 0.1) is 17.5 Å². The van der Waals surface area contributed by atoms with Crippen LogP contribution in [-0.4, -0.2) is 20.4 Å². The number of sulfonamides is 1. The van der Waals surface area contributed by atoms with Gasteiger partial charge in [0.25, 0.3) is 10.0 Å². The number of rotatable bonds is 11. The molecular formula is C30H28F3NO2S3. The van der Waals surface area contributed by atoms with Gasteiger partial charge in [-0.3, -0.25) is 4.31 Å². The predicted molar refractivity (Wildman–Crippen MR) is 155 cm³/mol. The minimum absolute atomic E-state index is 0.0681. The van der Waals surface area contributed by atoms with Crippen LogP contribution in [-0.2, 0) is 16.4 Å². The first-order valence-corrected chi connectivity index (χ1v) is 16.0. The summed E-state index contributed by atoms with van der Waals surface area (Å²) in [5, 5.41) is 0. The molecule has 0 aliphatic rings. The van der Waals surface area contributed by atoms with E-state index in [-0.39, 0.29) is 4.90 Å². The van der Waals surface area contributed by atoms with E-state index in [2.05, 4.69) is 0 Å². The van der Waals surface area contributed by atoms with Crippen molar-refractivity contribution in [3.8, 4) is 0 Å². The molecule has 0 aromatic heterocycles. The molecule has 0 amide bonds. The highest BCUT2D eigenvalue weighted by molar-refractivity contribution is 7.99. The minimum Gasteiger partial charge on any atom is -0.256 e. The van der Waals surface area contributed by atoms with Gasteiger partial charge in [0.2, 0.25) is 0 Å². The molecular weight excluding hydrogens is 560 g/mol. The van der Waals surface area contributed by atoms with Crippen molar-refractivity contribution in [1.82, 2.24) is 0 Å². The first-order chi connectivity index (χ1) is 18.7. The van der Waals surface area contributed by atoms with Gasteiger partial charge >= 0.3 is 0 Å². The van der Waals surface area contributed by atoms with E-state index in [0.29, 0.717) is 17.5 Å². The topological polar surface area (TPSA) is 37.4 Å². The summed E-state index contributed by atoms with van der Waals surface area (Å²) < 4.78 is 72.7. The maximum Gasteiger partial charge on any atom is 0.264 e. The van der Waals surface area contributed by atoms with Gasteiger partial charge < -0.3 is 0 Å². The Morgan fingerprint density at radius 2 is 1.46 bits per heavy atom. The van der Waals surface area contributed by atoms with Gasteiger partial charge in [0.15, 0.2) is 0 Å². The average Bonchev–Trinajstić information content (AvgIpc) is 2.92. The minimum atomic E-state index is -4.36. The lowest BCUT2D eigenvalue weighted by Gasteiger charge is -2.32. The Morgan fingerprint density at radius 3 is 2.15 bits per heavy atom. The van der Waals surface area contributed by atoms with Crippen LogP contribution in [0.3, 0.4) is 0 Å². The monoisotopic (exact) mass is 587 g/mol. The lowest BCUT2D eigenvalue weighted by molar-refractivity contribution is 0.569. The standard InChI is InChI=1S/C30H28F3NO2S3/c1-21(28-16-10-23(31)19-22(28)7-6-18-37-2)34(30-20-24(32)11-17-29(30)33)39(35,36)27-14-12-26(13-15-27)38-25-8-4-3-5-9-25/h3-5,8-17,19-21H,6-7,18H2,1-2H3. The quantitative estimate of drug-likeness (QED) is 0.165. The van der Waals surface area contributed by atoms with Crippen molar-refractivity contribution in [2.45, 2.75) is 40.5 Å². The number of thioether (sulfide) groups is 1. The van der Waals surface area contributed by atoms with Crippen molar-refractivity contribution in [2.24, 2.45) is 0 Å². The molecule has 204 valence electrons. The fourth-order valence-electron chi connectivity index (χ4n) is 4.35. The molecule has 9 heteroatoms. The molecule has 0 bridgehead atoms. The molecule has 1 atom stereocenters. The Bertz CT molecular complexity index is 1510. The van der Waals surface area contributed by atoms with Crippen molar-refractivity contribution >= 4 is 39.2 Å².